The van der Waals surface area contributed by atoms with Crippen molar-refractivity contribution in [2.24, 2.45) is 0 Å². The zero-order chi connectivity index (χ0) is 28.7. The molecule has 3 aromatic carbocycles. The lowest BCUT2D eigenvalue weighted by atomic mass is 10.1. The predicted octanol–water partition coefficient (Wildman–Crippen LogP) is 5.13. The summed E-state index contributed by atoms with van der Waals surface area (Å²) in [7, 11) is -2.52. The second kappa shape index (κ2) is 13.3. The van der Waals surface area contributed by atoms with Gasteiger partial charge in [-0.05, 0) is 67.8 Å². The third kappa shape index (κ3) is 7.22. The van der Waals surface area contributed by atoms with E-state index in [0.717, 1.165) is 35.6 Å². The number of hydrogen-bond donors (Lipinski definition) is 1. The van der Waals surface area contributed by atoms with Crippen LogP contribution >= 0.6 is 15.9 Å². The number of nitrogens with one attached hydrogen (secondary N) is 1. The highest BCUT2D eigenvalue weighted by Gasteiger charge is 2.33. The molecule has 212 valence electrons. The van der Waals surface area contributed by atoms with Crippen molar-refractivity contribution in [3.63, 3.8) is 0 Å². The highest BCUT2D eigenvalue weighted by molar-refractivity contribution is 9.10. The van der Waals surface area contributed by atoms with Gasteiger partial charge in [0.2, 0.25) is 11.8 Å². The number of anilines is 1. The Morgan fingerprint density at radius 3 is 2.30 bits per heavy atom. The van der Waals surface area contributed by atoms with Crippen molar-refractivity contribution in [1.29, 1.82) is 0 Å². The van der Waals surface area contributed by atoms with Crippen molar-refractivity contribution in [1.82, 2.24) is 10.2 Å². The van der Waals surface area contributed by atoms with Crippen LogP contribution in [0.5, 0.6) is 5.75 Å². The first kappa shape index (κ1) is 29.6. The largest absolute Gasteiger partial charge is 0.497 e. The minimum Gasteiger partial charge on any atom is -0.497 e. The topological polar surface area (TPSA) is 96.0 Å². The highest BCUT2D eigenvalue weighted by atomic mass is 79.9. The lowest BCUT2D eigenvalue weighted by Gasteiger charge is -2.32. The number of ether oxygens (including phenoxy) is 1. The molecular weight excluding hydrogens is 594 g/mol. The Morgan fingerprint density at radius 2 is 1.68 bits per heavy atom. The van der Waals surface area contributed by atoms with Crippen LogP contribution in [-0.2, 0) is 26.2 Å². The molecule has 0 bridgehead atoms. The first-order chi connectivity index (χ1) is 19.2. The summed E-state index contributed by atoms with van der Waals surface area (Å²) in [4.78, 5) is 28.8. The number of nitrogens with zero attached hydrogens (tertiary/aromatic N) is 2. The maximum Gasteiger partial charge on any atom is 0.264 e. The zero-order valence-corrected chi connectivity index (χ0v) is 25.0. The second-order valence-electron chi connectivity index (χ2n) is 9.84. The van der Waals surface area contributed by atoms with Crippen LogP contribution in [0.2, 0.25) is 0 Å². The molecule has 0 aromatic heterocycles. The van der Waals surface area contributed by atoms with Gasteiger partial charge < -0.3 is 15.0 Å². The van der Waals surface area contributed by atoms with Gasteiger partial charge in [0, 0.05) is 17.1 Å². The molecule has 0 radical (unpaired) electrons. The molecule has 1 aliphatic rings. The predicted molar refractivity (Wildman–Crippen MR) is 159 cm³/mol. The molecule has 1 fully saturated rings. The summed E-state index contributed by atoms with van der Waals surface area (Å²) in [5.41, 5.74) is 1.12. The number of sulfonamides is 1. The first-order valence-corrected chi connectivity index (χ1v) is 15.5. The van der Waals surface area contributed by atoms with Gasteiger partial charge in [-0.25, -0.2) is 8.42 Å². The van der Waals surface area contributed by atoms with E-state index in [1.165, 1.54) is 17.0 Å². The Hall–Kier alpha value is -3.37. The summed E-state index contributed by atoms with van der Waals surface area (Å²) in [5.74, 6) is -0.0820. The van der Waals surface area contributed by atoms with Gasteiger partial charge in [0.05, 0.1) is 17.7 Å². The average Bonchev–Trinajstić information content (AvgIpc) is 3.48. The molecule has 1 atom stereocenters. The standard InChI is InChI=1S/C30H34BrN3O5S/c1-22(30(36)32-25-10-6-7-11-25)33(20-23-15-17-27(39-2)18-16-23)29(35)21-34(26-12-8-9-24(31)19-26)40(37,38)28-13-4-3-5-14-28/h3-5,8-9,12-19,22,25H,6-7,10-11,20-21H2,1-2H3,(H,32,36). The number of halogens is 1. The van der Waals surface area contributed by atoms with Crippen molar-refractivity contribution in [3.05, 3.63) is 88.9 Å². The van der Waals surface area contributed by atoms with E-state index in [-0.39, 0.29) is 23.4 Å². The van der Waals surface area contributed by atoms with Crippen LogP contribution < -0.4 is 14.4 Å². The Labute approximate surface area is 244 Å². The maximum atomic E-state index is 14.0. The van der Waals surface area contributed by atoms with Crippen molar-refractivity contribution < 1.29 is 22.7 Å². The van der Waals surface area contributed by atoms with Crippen molar-refractivity contribution >= 4 is 43.5 Å². The van der Waals surface area contributed by atoms with Gasteiger partial charge in [-0.3, -0.25) is 13.9 Å². The van der Waals surface area contributed by atoms with Gasteiger partial charge >= 0.3 is 0 Å². The molecule has 0 aliphatic heterocycles. The monoisotopic (exact) mass is 627 g/mol. The van der Waals surface area contributed by atoms with E-state index in [1.807, 2.05) is 12.1 Å². The number of amides is 2. The number of hydrogen-bond acceptors (Lipinski definition) is 5. The Morgan fingerprint density at radius 1 is 1.00 bits per heavy atom. The van der Waals surface area contributed by atoms with Gasteiger partial charge in [0.1, 0.15) is 18.3 Å². The van der Waals surface area contributed by atoms with Gasteiger partial charge in [-0.1, -0.05) is 65.2 Å². The van der Waals surface area contributed by atoms with Crippen LogP contribution in [0.3, 0.4) is 0 Å². The second-order valence-corrected chi connectivity index (χ2v) is 12.6. The fourth-order valence-electron chi connectivity index (χ4n) is 4.78. The molecule has 3 aromatic rings. The highest BCUT2D eigenvalue weighted by Crippen LogP contribution is 2.27. The minimum absolute atomic E-state index is 0.0662. The maximum absolute atomic E-state index is 14.0. The lowest BCUT2D eigenvalue weighted by molar-refractivity contribution is -0.139. The average molecular weight is 629 g/mol. The minimum atomic E-state index is -4.10. The number of carbonyl (C=O) groups excluding carboxylic acids is 2. The molecule has 0 saturated heterocycles. The van der Waals surface area contributed by atoms with Crippen LogP contribution in [0.1, 0.15) is 38.2 Å². The normalized spacial score (nSPS) is 14.4. The molecule has 0 spiro atoms. The quantitative estimate of drug-likeness (QED) is 0.318. The first-order valence-electron chi connectivity index (χ1n) is 13.2. The van der Waals surface area contributed by atoms with Crippen LogP contribution in [0, 0.1) is 0 Å². The van der Waals surface area contributed by atoms with E-state index in [1.54, 1.807) is 68.6 Å². The lowest BCUT2D eigenvalue weighted by Crippen LogP contribution is -2.52. The summed E-state index contributed by atoms with van der Waals surface area (Å²) < 4.78 is 34.6. The molecule has 8 nitrogen and oxygen atoms in total. The fourth-order valence-corrected chi connectivity index (χ4v) is 6.60. The third-order valence-corrected chi connectivity index (χ3v) is 9.37. The van der Waals surface area contributed by atoms with E-state index in [4.69, 9.17) is 4.74 Å². The third-order valence-electron chi connectivity index (χ3n) is 7.09. The molecule has 40 heavy (non-hydrogen) atoms. The smallest absolute Gasteiger partial charge is 0.264 e. The van der Waals surface area contributed by atoms with E-state index < -0.39 is 28.5 Å². The van der Waals surface area contributed by atoms with E-state index in [2.05, 4.69) is 21.2 Å². The molecule has 10 heteroatoms. The Bertz CT molecular complexity index is 1410. The molecule has 1 saturated carbocycles. The van der Waals surface area contributed by atoms with Gasteiger partial charge in [0.25, 0.3) is 10.0 Å². The van der Waals surface area contributed by atoms with Crippen molar-refractivity contribution in [3.8, 4) is 5.75 Å². The molecule has 4 rings (SSSR count). The summed E-state index contributed by atoms with van der Waals surface area (Å²) >= 11 is 3.41. The summed E-state index contributed by atoms with van der Waals surface area (Å²) in [6.07, 6.45) is 3.95. The van der Waals surface area contributed by atoms with E-state index >= 15 is 0 Å². The molecule has 0 heterocycles. The van der Waals surface area contributed by atoms with Gasteiger partial charge in [0.15, 0.2) is 0 Å². The van der Waals surface area contributed by atoms with Crippen LogP contribution in [0.25, 0.3) is 0 Å². The van der Waals surface area contributed by atoms with Crippen molar-refractivity contribution in [2.75, 3.05) is 18.0 Å². The molecular formula is C30H34BrN3O5S. The molecule has 1 N–H and O–H groups in total. The SMILES string of the molecule is COc1ccc(CN(C(=O)CN(c2cccc(Br)c2)S(=O)(=O)c2ccccc2)C(C)C(=O)NC2CCCC2)cc1. The summed E-state index contributed by atoms with van der Waals surface area (Å²) in [5, 5.41) is 3.08. The molecule has 1 aliphatic carbocycles. The summed E-state index contributed by atoms with van der Waals surface area (Å²) in [6, 6.07) is 21.3. The number of benzene rings is 3. The number of carbonyl (C=O) groups is 2. The van der Waals surface area contributed by atoms with Crippen LogP contribution in [0.4, 0.5) is 5.69 Å². The van der Waals surface area contributed by atoms with Crippen LogP contribution in [-0.4, -0.2) is 50.9 Å². The molecule has 1 unspecified atom stereocenters. The van der Waals surface area contributed by atoms with Crippen LogP contribution in [0.15, 0.2) is 88.2 Å². The van der Waals surface area contributed by atoms with E-state index in [0.29, 0.717) is 15.9 Å². The summed E-state index contributed by atoms with van der Waals surface area (Å²) in [6.45, 7) is 1.32. The van der Waals surface area contributed by atoms with Crippen molar-refractivity contribution in [2.45, 2.75) is 56.1 Å². The van der Waals surface area contributed by atoms with E-state index in [9.17, 15) is 18.0 Å². The number of methoxy groups -OCH3 is 1. The fraction of sp³-hybridized carbons (Fsp3) is 0.333. The van der Waals surface area contributed by atoms with Gasteiger partial charge in [-0.15, -0.1) is 0 Å². The Balaban J connectivity index is 1.67. The molecule has 2 amide bonds. The van der Waals surface area contributed by atoms with Gasteiger partial charge in [-0.2, -0.15) is 0 Å². The Kier molecular flexibility index (Phi) is 9.86. The number of rotatable bonds is 11. The zero-order valence-electron chi connectivity index (χ0n) is 22.6.